The molecule has 0 heterocycles. The van der Waals surface area contributed by atoms with Crippen molar-refractivity contribution in [1.82, 2.24) is 0 Å². The fraction of sp³-hybridized carbons (Fsp3) is 0.350. The first kappa shape index (κ1) is 19.3. The maximum absolute atomic E-state index is 11.7. The van der Waals surface area contributed by atoms with E-state index in [-0.39, 0.29) is 14.7 Å². The second-order valence-corrected chi connectivity index (χ2v) is 12.5. The molecule has 24 heavy (non-hydrogen) atoms. The highest BCUT2D eigenvalue weighted by Crippen LogP contribution is 2.37. The van der Waals surface area contributed by atoms with Gasteiger partial charge in [-0.1, -0.05) is 88.4 Å². The predicted molar refractivity (Wildman–Crippen MR) is 112 cm³/mol. The van der Waals surface area contributed by atoms with Crippen molar-refractivity contribution in [2.24, 2.45) is 5.92 Å². The average molecular weight is 452 g/mol. The maximum Gasteiger partial charge on any atom is 0.261 e. The van der Waals surface area contributed by atoms with Crippen molar-refractivity contribution in [2.45, 2.75) is 32.7 Å². The number of carbonyl (C=O) groups is 1. The molecular weight excluding hydrogens is 427 g/mol. The SMILES string of the molecule is C[C@H](CO[Si](c1ccccc1)(c1ccccc1)C(C)(C)C)C(=O)I. The summed E-state index contributed by atoms with van der Waals surface area (Å²) in [6.07, 6.45) is 0. The highest BCUT2D eigenvalue weighted by Gasteiger charge is 2.50. The van der Waals surface area contributed by atoms with E-state index in [1.807, 2.05) is 41.6 Å². The highest BCUT2D eigenvalue weighted by atomic mass is 127. The summed E-state index contributed by atoms with van der Waals surface area (Å²) in [5, 5.41) is 2.44. The molecule has 0 aliphatic carbocycles. The molecule has 0 aromatic heterocycles. The topological polar surface area (TPSA) is 26.3 Å². The molecule has 0 spiro atoms. The third-order valence-electron chi connectivity index (χ3n) is 4.35. The van der Waals surface area contributed by atoms with Crippen LogP contribution in [0, 0.1) is 5.92 Å². The van der Waals surface area contributed by atoms with Crippen LogP contribution in [0.15, 0.2) is 60.7 Å². The van der Waals surface area contributed by atoms with Crippen LogP contribution in [0.5, 0.6) is 0 Å². The number of carbonyl (C=O) groups excluding carboxylic acids is 1. The van der Waals surface area contributed by atoms with E-state index in [1.165, 1.54) is 10.4 Å². The summed E-state index contributed by atoms with van der Waals surface area (Å²) in [5.41, 5.74) is 0. The zero-order valence-corrected chi connectivity index (χ0v) is 17.9. The van der Waals surface area contributed by atoms with Crippen LogP contribution in [0.2, 0.25) is 5.04 Å². The normalized spacial score (nSPS) is 13.5. The molecule has 0 fully saturated rings. The summed E-state index contributed by atoms with van der Waals surface area (Å²) in [6.45, 7) is 9.13. The number of rotatable bonds is 6. The zero-order chi connectivity index (χ0) is 17.8. The van der Waals surface area contributed by atoms with Crippen molar-refractivity contribution in [3.8, 4) is 0 Å². The first-order valence-corrected chi connectivity index (χ1v) is 11.2. The Kier molecular flexibility index (Phi) is 6.39. The maximum atomic E-state index is 11.7. The molecule has 128 valence electrons. The molecule has 0 bridgehead atoms. The molecule has 4 heteroatoms. The molecular formula is C20H25IO2Si. The Morgan fingerprint density at radius 1 is 1.00 bits per heavy atom. The second-order valence-electron chi connectivity index (χ2n) is 7.18. The molecule has 0 aliphatic rings. The van der Waals surface area contributed by atoms with Crippen molar-refractivity contribution < 1.29 is 9.22 Å². The van der Waals surface area contributed by atoms with E-state index in [0.717, 1.165) is 0 Å². The highest BCUT2D eigenvalue weighted by molar-refractivity contribution is 14.1. The molecule has 2 aromatic carbocycles. The van der Waals surface area contributed by atoms with Gasteiger partial charge in [0.05, 0.1) is 0 Å². The molecule has 2 aromatic rings. The van der Waals surface area contributed by atoms with E-state index in [0.29, 0.717) is 6.61 Å². The Labute approximate surface area is 159 Å². The van der Waals surface area contributed by atoms with E-state index in [1.54, 1.807) is 0 Å². The van der Waals surface area contributed by atoms with Crippen LogP contribution in [0.4, 0.5) is 0 Å². The van der Waals surface area contributed by atoms with Crippen LogP contribution in [-0.4, -0.2) is 18.7 Å². The van der Waals surface area contributed by atoms with Crippen LogP contribution in [-0.2, 0) is 9.22 Å². The Bertz CT molecular complexity index is 626. The molecule has 0 aliphatic heterocycles. The summed E-state index contributed by atoms with van der Waals surface area (Å²) < 4.78 is 6.85. The van der Waals surface area contributed by atoms with Gasteiger partial charge in [0, 0.05) is 12.5 Å². The first-order valence-electron chi connectivity index (χ1n) is 8.23. The lowest BCUT2D eigenvalue weighted by Crippen LogP contribution is -2.67. The van der Waals surface area contributed by atoms with Crippen LogP contribution in [0.25, 0.3) is 0 Å². The third kappa shape index (κ3) is 3.98. The van der Waals surface area contributed by atoms with Crippen LogP contribution >= 0.6 is 22.6 Å². The number of hydrogen-bond donors (Lipinski definition) is 0. The standard InChI is InChI=1S/C20H25IO2Si/c1-16(19(21)22)15-23-24(20(2,3)4,17-11-7-5-8-12-17)18-13-9-6-10-14-18/h5-14,16H,15H2,1-4H3/t16-/m1/s1. The van der Waals surface area contributed by atoms with Gasteiger partial charge in [0.15, 0.2) is 3.79 Å². The minimum Gasteiger partial charge on any atom is -0.407 e. The zero-order valence-electron chi connectivity index (χ0n) is 14.8. The lowest BCUT2D eigenvalue weighted by atomic mass is 10.2. The summed E-state index contributed by atoms with van der Waals surface area (Å²) >= 11 is 1.87. The lowest BCUT2D eigenvalue weighted by Gasteiger charge is -2.43. The van der Waals surface area contributed by atoms with Gasteiger partial charge in [-0.25, -0.2) is 0 Å². The Hall–Kier alpha value is -0.983. The van der Waals surface area contributed by atoms with Crippen molar-refractivity contribution in [3.63, 3.8) is 0 Å². The van der Waals surface area contributed by atoms with E-state index in [2.05, 4.69) is 69.3 Å². The van der Waals surface area contributed by atoms with Crippen molar-refractivity contribution in [3.05, 3.63) is 60.7 Å². The number of benzene rings is 2. The van der Waals surface area contributed by atoms with Crippen LogP contribution in [0.1, 0.15) is 27.7 Å². The molecule has 2 nitrogen and oxygen atoms in total. The molecule has 0 unspecified atom stereocenters. The second kappa shape index (κ2) is 7.93. The van der Waals surface area contributed by atoms with E-state index >= 15 is 0 Å². The minimum absolute atomic E-state index is 0.0518. The molecule has 0 saturated heterocycles. The van der Waals surface area contributed by atoms with Gasteiger partial charge in [-0.05, 0) is 38.0 Å². The van der Waals surface area contributed by atoms with Gasteiger partial charge in [0.1, 0.15) is 0 Å². The van der Waals surface area contributed by atoms with Gasteiger partial charge >= 0.3 is 0 Å². The van der Waals surface area contributed by atoms with E-state index in [4.69, 9.17) is 4.43 Å². The van der Waals surface area contributed by atoms with E-state index in [9.17, 15) is 4.79 Å². The molecule has 0 amide bonds. The van der Waals surface area contributed by atoms with Gasteiger partial charge < -0.3 is 4.43 Å². The number of hydrogen-bond acceptors (Lipinski definition) is 2. The first-order chi connectivity index (χ1) is 11.3. The Morgan fingerprint density at radius 3 is 1.75 bits per heavy atom. The molecule has 0 saturated carbocycles. The third-order valence-corrected chi connectivity index (χ3v) is 10.4. The average Bonchev–Trinajstić information content (AvgIpc) is 2.56. The van der Waals surface area contributed by atoms with Crippen molar-refractivity contribution >= 4 is 45.1 Å². The fourth-order valence-corrected chi connectivity index (χ4v) is 7.91. The van der Waals surface area contributed by atoms with Gasteiger partial charge in [-0.2, -0.15) is 0 Å². The van der Waals surface area contributed by atoms with Crippen molar-refractivity contribution in [1.29, 1.82) is 0 Å². The van der Waals surface area contributed by atoms with Crippen LogP contribution in [0.3, 0.4) is 0 Å². The van der Waals surface area contributed by atoms with Gasteiger partial charge in [-0.3, -0.25) is 4.79 Å². The van der Waals surface area contributed by atoms with Crippen LogP contribution < -0.4 is 10.4 Å². The van der Waals surface area contributed by atoms with E-state index < -0.39 is 8.32 Å². The molecule has 0 N–H and O–H groups in total. The number of halogens is 1. The largest absolute Gasteiger partial charge is 0.407 e. The molecule has 1 atom stereocenters. The van der Waals surface area contributed by atoms with Crippen molar-refractivity contribution in [2.75, 3.05) is 6.61 Å². The smallest absolute Gasteiger partial charge is 0.261 e. The Balaban J connectivity index is 2.59. The van der Waals surface area contributed by atoms with Gasteiger partial charge in [0.2, 0.25) is 0 Å². The summed E-state index contributed by atoms with van der Waals surface area (Å²) in [7, 11) is -2.51. The fourth-order valence-electron chi connectivity index (χ4n) is 3.08. The Morgan fingerprint density at radius 2 is 1.42 bits per heavy atom. The minimum atomic E-state index is -2.51. The van der Waals surface area contributed by atoms with Gasteiger partial charge in [-0.15, -0.1) is 0 Å². The quantitative estimate of drug-likeness (QED) is 0.374. The summed E-state index contributed by atoms with van der Waals surface area (Å²) in [4.78, 5) is 11.7. The molecule has 0 radical (unpaired) electrons. The monoisotopic (exact) mass is 452 g/mol. The summed E-state index contributed by atoms with van der Waals surface area (Å²) in [5.74, 6) is -0.104. The molecule has 2 rings (SSSR count). The summed E-state index contributed by atoms with van der Waals surface area (Å²) in [6, 6.07) is 21.0. The van der Waals surface area contributed by atoms with Gasteiger partial charge in [0.25, 0.3) is 8.32 Å². The lowest BCUT2D eigenvalue weighted by molar-refractivity contribution is -0.113. The predicted octanol–water partition coefficient (Wildman–Crippen LogP) is 4.16.